The molecule has 158 valence electrons. The maximum atomic E-state index is 12.9. The Morgan fingerprint density at radius 2 is 1.87 bits per heavy atom. The lowest BCUT2D eigenvalue weighted by Gasteiger charge is -2.34. The highest BCUT2D eigenvalue weighted by Gasteiger charge is 2.32. The summed E-state index contributed by atoms with van der Waals surface area (Å²) in [6.45, 7) is 4.45. The Bertz CT molecular complexity index is 1060. The van der Waals surface area contributed by atoms with E-state index in [1.54, 1.807) is 16.2 Å². The maximum Gasteiger partial charge on any atom is 0.416 e. The van der Waals surface area contributed by atoms with Crippen molar-refractivity contribution in [3.05, 3.63) is 53.6 Å². The zero-order chi connectivity index (χ0) is 21.3. The number of thiazole rings is 1. The molecular formula is C21H20F3N3O2S. The lowest BCUT2D eigenvalue weighted by molar-refractivity contribution is -0.137. The molecule has 0 unspecified atom stereocenters. The van der Waals surface area contributed by atoms with Crippen LogP contribution in [0.25, 0.3) is 10.2 Å². The third-order valence-corrected chi connectivity index (χ3v) is 6.03. The molecule has 3 aromatic rings. The van der Waals surface area contributed by atoms with Gasteiger partial charge >= 0.3 is 6.18 Å². The minimum atomic E-state index is -4.47. The van der Waals surface area contributed by atoms with E-state index in [1.165, 1.54) is 12.1 Å². The summed E-state index contributed by atoms with van der Waals surface area (Å²) in [4.78, 5) is 21.1. The first-order valence-electron chi connectivity index (χ1n) is 9.60. The summed E-state index contributed by atoms with van der Waals surface area (Å²) >= 11 is 1.56. The monoisotopic (exact) mass is 435 g/mol. The predicted molar refractivity (Wildman–Crippen MR) is 110 cm³/mol. The van der Waals surface area contributed by atoms with E-state index in [-0.39, 0.29) is 11.5 Å². The van der Waals surface area contributed by atoms with Crippen molar-refractivity contribution >= 4 is 32.6 Å². The highest BCUT2D eigenvalue weighted by molar-refractivity contribution is 7.22. The van der Waals surface area contributed by atoms with E-state index < -0.39 is 11.7 Å². The number of para-hydroxylation sites is 1. The Balaban J connectivity index is 1.46. The number of nitrogens with zero attached hydrogens (tertiary/aromatic N) is 3. The number of amides is 1. The Kier molecular flexibility index (Phi) is 5.55. The summed E-state index contributed by atoms with van der Waals surface area (Å²) in [5, 5.41) is 0.850. The lowest BCUT2D eigenvalue weighted by atomic mass is 10.1. The molecule has 1 amide bonds. The molecule has 1 aromatic heterocycles. The van der Waals surface area contributed by atoms with Crippen molar-refractivity contribution in [2.75, 3.05) is 37.7 Å². The summed E-state index contributed by atoms with van der Waals surface area (Å²) in [7, 11) is 0. The van der Waals surface area contributed by atoms with Crippen LogP contribution in [0.3, 0.4) is 0 Å². The first kappa shape index (κ1) is 20.5. The number of carbonyl (C=O) groups is 1. The van der Waals surface area contributed by atoms with Crippen molar-refractivity contribution in [1.82, 2.24) is 9.88 Å². The van der Waals surface area contributed by atoms with Crippen LogP contribution in [0.1, 0.15) is 22.8 Å². The molecule has 30 heavy (non-hydrogen) atoms. The molecule has 1 aliphatic rings. The summed E-state index contributed by atoms with van der Waals surface area (Å²) < 4.78 is 45.5. The minimum absolute atomic E-state index is 0.0552. The van der Waals surface area contributed by atoms with Gasteiger partial charge in [0, 0.05) is 31.7 Å². The summed E-state index contributed by atoms with van der Waals surface area (Å²) in [5.41, 5.74) is 0.0630. The van der Waals surface area contributed by atoms with Crippen LogP contribution in [0.2, 0.25) is 0 Å². The van der Waals surface area contributed by atoms with Gasteiger partial charge in [-0.15, -0.1) is 0 Å². The van der Waals surface area contributed by atoms with Crippen LogP contribution in [0.4, 0.5) is 18.3 Å². The van der Waals surface area contributed by atoms with Gasteiger partial charge in [-0.2, -0.15) is 13.2 Å². The summed E-state index contributed by atoms with van der Waals surface area (Å²) in [6.07, 6.45) is -4.47. The van der Waals surface area contributed by atoms with Crippen LogP contribution in [0, 0.1) is 0 Å². The van der Waals surface area contributed by atoms with Gasteiger partial charge < -0.3 is 14.5 Å². The third kappa shape index (κ3) is 4.07. The SMILES string of the molecule is CCOc1cccc2sc(N3CCN(C(=O)c4cccc(C(F)(F)F)c4)CC3)nc12. The van der Waals surface area contributed by atoms with E-state index in [0.717, 1.165) is 33.2 Å². The Morgan fingerprint density at radius 1 is 1.13 bits per heavy atom. The fraction of sp³-hybridized carbons (Fsp3) is 0.333. The molecule has 2 aromatic carbocycles. The molecule has 0 bridgehead atoms. The van der Waals surface area contributed by atoms with E-state index in [1.807, 2.05) is 25.1 Å². The van der Waals surface area contributed by atoms with Crippen molar-refractivity contribution in [1.29, 1.82) is 0 Å². The smallest absolute Gasteiger partial charge is 0.416 e. The number of hydrogen-bond acceptors (Lipinski definition) is 5. The molecule has 9 heteroatoms. The molecular weight excluding hydrogens is 415 g/mol. The fourth-order valence-corrected chi connectivity index (χ4v) is 4.47. The van der Waals surface area contributed by atoms with Crippen molar-refractivity contribution < 1.29 is 22.7 Å². The molecule has 1 fully saturated rings. The number of anilines is 1. The van der Waals surface area contributed by atoms with E-state index in [2.05, 4.69) is 4.90 Å². The molecule has 1 saturated heterocycles. The molecule has 0 spiro atoms. The third-order valence-electron chi connectivity index (χ3n) is 4.94. The lowest BCUT2D eigenvalue weighted by Crippen LogP contribution is -2.48. The standard InChI is InChI=1S/C21H20F3N3O2S/c1-2-29-16-7-4-8-17-18(16)25-20(30-17)27-11-9-26(10-12-27)19(28)14-5-3-6-15(13-14)21(22,23)24/h3-8,13H,2,9-12H2,1H3. The van der Waals surface area contributed by atoms with Gasteiger partial charge in [0.2, 0.25) is 0 Å². The van der Waals surface area contributed by atoms with Crippen LogP contribution >= 0.6 is 11.3 Å². The average Bonchev–Trinajstić information content (AvgIpc) is 3.18. The second-order valence-corrected chi connectivity index (χ2v) is 7.90. The van der Waals surface area contributed by atoms with Gasteiger partial charge in [-0.25, -0.2) is 4.98 Å². The van der Waals surface area contributed by atoms with Gasteiger partial charge in [0.1, 0.15) is 11.3 Å². The second kappa shape index (κ2) is 8.14. The summed E-state index contributed by atoms with van der Waals surface area (Å²) in [6, 6.07) is 10.4. The van der Waals surface area contributed by atoms with Crippen LogP contribution in [0.15, 0.2) is 42.5 Å². The Hall–Kier alpha value is -2.81. The maximum absolute atomic E-state index is 12.9. The van der Waals surface area contributed by atoms with Gasteiger partial charge in [-0.1, -0.05) is 23.5 Å². The quantitative estimate of drug-likeness (QED) is 0.597. The molecule has 0 atom stereocenters. The Morgan fingerprint density at radius 3 is 2.57 bits per heavy atom. The fourth-order valence-electron chi connectivity index (χ4n) is 3.43. The second-order valence-electron chi connectivity index (χ2n) is 6.89. The van der Waals surface area contributed by atoms with E-state index in [0.29, 0.717) is 32.8 Å². The molecule has 2 heterocycles. The number of rotatable bonds is 4. The van der Waals surface area contributed by atoms with Gasteiger partial charge in [-0.3, -0.25) is 4.79 Å². The first-order valence-corrected chi connectivity index (χ1v) is 10.4. The average molecular weight is 435 g/mol. The van der Waals surface area contributed by atoms with Gasteiger partial charge in [-0.05, 0) is 37.3 Å². The number of hydrogen-bond donors (Lipinski definition) is 0. The first-order chi connectivity index (χ1) is 14.4. The van der Waals surface area contributed by atoms with Crippen molar-refractivity contribution in [2.24, 2.45) is 0 Å². The molecule has 0 saturated carbocycles. The predicted octanol–water partition coefficient (Wildman–Crippen LogP) is 4.68. The van der Waals surface area contributed by atoms with E-state index in [9.17, 15) is 18.0 Å². The Labute approximate surface area is 175 Å². The van der Waals surface area contributed by atoms with Crippen LogP contribution in [-0.4, -0.2) is 48.6 Å². The minimum Gasteiger partial charge on any atom is -0.492 e. The highest BCUT2D eigenvalue weighted by atomic mass is 32.1. The van der Waals surface area contributed by atoms with Crippen molar-refractivity contribution in [2.45, 2.75) is 13.1 Å². The van der Waals surface area contributed by atoms with Gasteiger partial charge in [0.25, 0.3) is 5.91 Å². The normalized spacial score (nSPS) is 14.9. The zero-order valence-corrected chi connectivity index (χ0v) is 17.1. The molecule has 1 aliphatic heterocycles. The van der Waals surface area contributed by atoms with Crippen LogP contribution < -0.4 is 9.64 Å². The molecule has 5 nitrogen and oxygen atoms in total. The van der Waals surface area contributed by atoms with E-state index in [4.69, 9.17) is 9.72 Å². The van der Waals surface area contributed by atoms with Crippen molar-refractivity contribution in [3.63, 3.8) is 0 Å². The number of ether oxygens (including phenoxy) is 1. The molecule has 0 N–H and O–H groups in total. The number of piperazine rings is 1. The summed E-state index contributed by atoms with van der Waals surface area (Å²) in [5.74, 6) is 0.361. The van der Waals surface area contributed by atoms with Gasteiger partial charge in [0.15, 0.2) is 5.13 Å². The van der Waals surface area contributed by atoms with E-state index >= 15 is 0 Å². The highest BCUT2D eigenvalue weighted by Crippen LogP contribution is 2.35. The molecule has 4 rings (SSSR count). The van der Waals surface area contributed by atoms with Gasteiger partial charge in [0.05, 0.1) is 16.9 Å². The molecule has 0 radical (unpaired) electrons. The number of alkyl halides is 3. The van der Waals surface area contributed by atoms with Crippen LogP contribution in [0.5, 0.6) is 5.75 Å². The van der Waals surface area contributed by atoms with Crippen molar-refractivity contribution in [3.8, 4) is 5.75 Å². The largest absolute Gasteiger partial charge is 0.492 e. The topological polar surface area (TPSA) is 45.7 Å². The number of aromatic nitrogens is 1. The number of halogens is 3. The molecule has 0 aliphatic carbocycles. The number of carbonyl (C=O) groups excluding carboxylic acids is 1. The van der Waals surface area contributed by atoms with Crippen LogP contribution in [-0.2, 0) is 6.18 Å². The number of benzene rings is 2. The zero-order valence-electron chi connectivity index (χ0n) is 16.3. The number of fused-ring (bicyclic) bond motifs is 1.